The van der Waals surface area contributed by atoms with Crippen LogP contribution in [0.3, 0.4) is 0 Å². The molecule has 1 unspecified atom stereocenters. The van der Waals surface area contributed by atoms with Crippen molar-refractivity contribution in [2.24, 2.45) is 0 Å². The Bertz CT molecular complexity index is 1150. The molecule has 0 saturated heterocycles. The lowest BCUT2D eigenvalue weighted by Crippen LogP contribution is -2.43. The lowest BCUT2D eigenvalue weighted by molar-refractivity contribution is -0.139. The first-order valence-electron chi connectivity index (χ1n) is 9.32. The third-order valence-electron chi connectivity index (χ3n) is 4.32. The number of hydroxylamine groups is 1. The van der Waals surface area contributed by atoms with Crippen LogP contribution in [0.15, 0.2) is 82.6 Å². The van der Waals surface area contributed by atoms with Gasteiger partial charge in [0.2, 0.25) is 0 Å². The number of para-hydroxylation sites is 1. The van der Waals surface area contributed by atoms with Gasteiger partial charge in [-0.3, -0.25) is 4.84 Å². The van der Waals surface area contributed by atoms with Crippen LogP contribution in [0.4, 0.5) is 20.2 Å². The van der Waals surface area contributed by atoms with Gasteiger partial charge in [0.15, 0.2) is 6.04 Å². The Kier molecular flexibility index (Phi) is 7.62. The van der Waals surface area contributed by atoms with Crippen molar-refractivity contribution in [3.05, 3.63) is 94.9 Å². The summed E-state index contributed by atoms with van der Waals surface area (Å²) >= 11 is 0.756. The monoisotopic (exact) mass is 456 g/mol. The van der Waals surface area contributed by atoms with Crippen LogP contribution in [-0.2, 0) is 21.0 Å². The summed E-state index contributed by atoms with van der Waals surface area (Å²) in [6.07, 6.45) is 0. The van der Waals surface area contributed by atoms with E-state index < -0.39 is 29.3 Å². The Morgan fingerprint density at radius 2 is 1.78 bits per heavy atom. The predicted molar refractivity (Wildman–Crippen MR) is 117 cm³/mol. The van der Waals surface area contributed by atoms with Crippen LogP contribution in [0.25, 0.3) is 0 Å². The van der Waals surface area contributed by atoms with Crippen LogP contribution in [-0.4, -0.2) is 23.1 Å². The van der Waals surface area contributed by atoms with Crippen molar-refractivity contribution >= 4 is 35.0 Å². The zero-order valence-electron chi connectivity index (χ0n) is 16.6. The number of hydrogen-bond donors (Lipinski definition) is 2. The van der Waals surface area contributed by atoms with E-state index in [2.05, 4.69) is 0 Å². The maximum Gasteiger partial charge on any atom is 0.334 e. The summed E-state index contributed by atoms with van der Waals surface area (Å²) in [5, 5.41) is 10.6. The minimum atomic E-state index is -1.82. The maximum absolute atomic E-state index is 14.6. The van der Waals surface area contributed by atoms with Gasteiger partial charge >= 0.3 is 5.97 Å². The number of aliphatic carboxylic acids is 1. The van der Waals surface area contributed by atoms with E-state index in [0.717, 1.165) is 30.0 Å². The van der Waals surface area contributed by atoms with Gasteiger partial charge in [-0.2, -0.15) is 0 Å². The van der Waals surface area contributed by atoms with Gasteiger partial charge in [-0.05, 0) is 29.8 Å². The van der Waals surface area contributed by atoms with Crippen molar-refractivity contribution in [1.29, 1.82) is 0 Å². The van der Waals surface area contributed by atoms with E-state index in [1.54, 1.807) is 60.5 Å². The molecule has 0 spiro atoms. The first kappa shape index (κ1) is 23.0. The van der Waals surface area contributed by atoms with E-state index in [9.17, 15) is 23.5 Å². The van der Waals surface area contributed by atoms with Crippen molar-refractivity contribution in [1.82, 2.24) is 0 Å². The molecule has 6 nitrogen and oxygen atoms in total. The van der Waals surface area contributed by atoms with Crippen molar-refractivity contribution in [3.8, 4) is 0 Å². The molecule has 0 aliphatic carbocycles. The summed E-state index contributed by atoms with van der Waals surface area (Å²) < 4.78 is 28.5. The van der Waals surface area contributed by atoms with Crippen LogP contribution >= 0.6 is 11.8 Å². The van der Waals surface area contributed by atoms with E-state index in [-0.39, 0.29) is 11.5 Å². The number of carboxylic acid groups (broad SMARTS) is 1. The van der Waals surface area contributed by atoms with Crippen molar-refractivity contribution in [3.63, 3.8) is 0 Å². The molecule has 0 radical (unpaired) electrons. The molecule has 0 bridgehead atoms. The average Bonchev–Trinajstić information content (AvgIpc) is 2.79. The highest BCUT2D eigenvalue weighted by atomic mass is 32.2. The number of nitrogens with zero attached hydrogens (tertiary/aromatic N) is 1. The highest BCUT2D eigenvalue weighted by molar-refractivity contribution is 8.03. The Morgan fingerprint density at radius 3 is 2.44 bits per heavy atom. The number of nitrogen functional groups attached to an aromatic ring is 1. The van der Waals surface area contributed by atoms with Gasteiger partial charge in [0.25, 0.3) is 0 Å². The second kappa shape index (κ2) is 10.6. The summed E-state index contributed by atoms with van der Waals surface area (Å²) in [5.41, 5.74) is 6.37. The number of benzene rings is 3. The number of hydrogen-bond acceptors (Lipinski definition) is 6. The topological polar surface area (TPSA) is 92.9 Å². The number of carboxylic acids is 1. The molecular weight excluding hydrogens is 438 g/mol. The molecule has 164 valence electrons. The van der Waals surface area contributed by atoms with Crippen molar-refractivity contribution < 1.29 is 28.3 Å². The molecule has 3 aromatic rings. The summed E-state index contributed by atoms with van der Waals surface area (Å²) in [7, 11) is 0. The summed E-state index contributed by atoms with van der Waals surface area (Å²) in [6, 6.07) is 15.9. The number of rotatable bonds is 9. The Labute approximate surface area is 186 Å². The zero-order valence-corrected chi connectivity index (χ0v) is 17.4. The molecule has 0 aliphatic heterocycles. The molecule has 3 N–H and O–H groups in total. The minimum absolute atomic E-state index is 0.162. The number of carbonyl (C=O) groups is 1. The molecule has 0 fully saturated rings. The third kappa shape index (κ3) is 5.53. The number of halogens is 2. The molecule has 0 aliphatic rings. The van der Waals surface area contributed by atoms with Crippen LogP contribution in [0.2, 0.25) is 0 Å². The number of thioether (sulfide) groups is 1. The van der Waals surface area contributed by atoms with Gasteiger partial charge < -0.3 is 10.8 Å². The molecule has 3 rings (SSSR count). The van der Waals surface area contributed by atoms with Gasteiger partial charge in [0, 0.05) is 16.6 Å². The second-order valence-corrected chi connectivity index (χ2v) is 7.61. The Balaban J connectivity index is 2.03. The molecule has 3 aromatic carbocycles. The van der Waals surface area contributed by atoms with Gasteiger partial charge in [-0.25, -0.2) is 23.4 Å². The summed E-state index contributed by atoms with van der Waals surface area (Å²) in [4.78, 5) is 29.7. The molecule has 32 heavy (non-hydrogen) atoms. The molecule has 0 heterocycles. The van der Waals surface area contributed by atoms with Crippen LogP contribution < -0.4 is 10.8 Å². The standard InChI is InChI=1S/C23H18F2N2O4S/c24-16-10-11-17(25)19(12-16)27(31-14-15-6-2-1-3-7-15)22(23(29)30)21(13-28)32-20-9-5-4-8-18(20)26/h1-12,22H,14,26H2,(H,29,30). The normalized spacial score (nSPS) is 11.4. The van der Waals surface area contributed by atoms with Crippen LogP contribution in [0, 0.1) is 11.6 Å². The largest absolute Gasteiger partial charge is 0.479 e. The lowest BCUT2D eigenvalue weighted by Gasteiger charge is -2.30. The summed E-state index contributed by atoms with van der Waals surface area (Å²) in [6.45, 7) is -0.162. The van der Waals surface area contributed by atoms with E-state index >= 15 is 0 Å². The molecule has 0 aromatic heterocycles. The van der Waals surface area contributed by atoms with E-state index in [1.807, 2.05) is 0 Å². The number of anilines is 2. The zero-order chi connectivity index (χ0) is 23.1. The molecule has 9 heteroatoms. The smallest absolute Gasteiger partial charge is 0.334 e. The highest BCUT2D eigenvalue weighted by Crippen LogP contribution is 2.35. The van der Waals surface area contributed by atoms with Crippen LogP contribution in [0.1, 0.15) is 5.56 Å². The maximum atomic E-state index is 14.6. The molecule has 1 atom stereocenters. The van der Waals surface area contributed by atoms with E-state index in [4.69, 9.17) is 10.6 Å². The first-order valence-corrected chi connectivity index (χ1v) is 10.1. The molecule has 0 saturated carbocycles. The van der Waals surface area contributed by atoms with Crippen molar-refractivity contribution in [2.75, 3.05) is 10.8 Å². The Morgan fingerprint density at radius 1 is 1.09 bits per heavy atom. The lowest BCUT2D eigenvalue weighted by atomic mass is 10.2. The number of nitrogens with two attached hydrogens (primary N) is 1. The molecular formula is C23H18F2N2O4S. The predicted octanol–water partition coefficient (Wildman–Crippen LogP) is 4.45. The molecule has 0 amide bonds. The SMILES string of the molecule is Nc1ccccc1SC(=C=O)C(C(=O)O)N(OCc1ccccc1)c1cc(F)ccc1F. The van der Waals surface area contributed by atoms with Gasteiger partial charge in [0.05, 0.1) is 6.61 Å². The van der Waals surface area contributed by atoms with Gasteiger partial charge in [-0.15, -0.1) is 0 Å². The number of carbonyl (C=O) groups excluding carboxylic acids is 1. The fourth-order valence-electron chi connectivity index (χ4n) is 2.80. The first-order chi connectivity index (χ1) is 15.4. The minimum Gasteiger partial charge on any atom is -0.479 e. The summed E-state index contributed by atoms with van der Waals surface area (Å²) in [5.74, 6) is -1.67. The fraction of sp³-hybridized carbons (Fsp3) is 0.0870. The quantitative estimate of drug-likeness (QED) is 0.213. The average molecular weight is 456 g/mol. The van der Waals surface area contributed by atoms with Gasteiger partial charge in [-0.1, -0.05) is 54.2 Å². The van der Waals surface area contributed by atoms with Crippen LogP contribution in [0.5, 0.6) is 0 Å². The van der Waals surface area contributed by atoms with E-state index in [0.29, 0.717) is 21.2 Å². The highest BCUT2D eigenvalue weighted by Gasteiger charge is 2.35. The second-order valence-electron chi connectivity index (χ2n) is 6.53. The van der Waals surface area contributed by atoms with Crippen molar-refractivity contribution in [2.45, 2.75) is 17.5 Å². The Hall–Kier alpha value is -3.65. The van der Waals surface area contributed by atoms with E-state index in [1.165, 1.54) is 0 Å². The fourth-order valence-corrected chi connectivity index (χ4v) is 3.72. The third-order valence-corrected chi connectivity index (χ3v) is 5.43. The van der Waals surface area contributed by atoms with Gasteiger partial charge in [0.1, 0.15) is 28.2 Å².